The third kappa shape index (κ3) is 1.84. The summed E-state index contributed by atoms with van der Waals surface area (Å²) in [6.07, 6.45) is 6.44. The maximum atomic E-state index is 12.7. The molecule has 98 valence electrons. The Morgan fingerprint density at radius 1 is 1.37 bits per heavy atom. The fourth-order valence-electron chi connectivity index (χ4n) is 2.67. The van der Waals surface area contributed by atoms with Gasteiger partial charge in [0, 0.05) is 25.5 Å². The highest BCUT2D eigenvalue weighted by Gasteiger charge is 2.29. The number of hydrogen-bond acceptors (Lipinski definition) is 2. The van der Waals surface area contributed by atoms with E-state index in [4.69, 9.17) is 0 Å². The summed E-state index contributed by atoms with van der Waals surface area (Å²) < 4.78 is 2.02. The fraction of sp³-hybridized carbons (Fsp3) is 0.333. The van der Waals surface area contributed by atoms with Crippen LogP contribution in [0.1, 0.15) is 28.5 Å². The van der Waals surface area contributed by atoms with E-state index in [2.05, 4.69) is 18.0 Å². The highest BCUT2D eigenvalue weighted by Crippen LogP contribution is 2.26. The fourth-order valence-corrected chi connectivity index (χ4v) is 2.67. The van der Waals surface area contributed by atoms with E-state index in [-0.39, 0.29) is 5.91 Å². The van der Waals surface area contributed by atoms with Crippen molar-refractivity contribution in [3.05, 3.63) is 47.5 Å². The number of aromatic nitrogens is 2. The van der Waals surface area contributed by atoms with Crippen LogP contribution in [0.15, 0.2) is 30.7 Å². The van der Waals surface area contributed by atoms with Crippen LogP contribution >= 0.6 is 0 Å². The van der Waals surface area contributed by atoms with Crippen molar-refractivity contribution in [1.29, 1.82) is 0 Å². The van der Waals surface area contributed by atoms with Gasteiger partial charge in [0.2, 0.25) is 0 Å². The highest BCUT2D eigenvalue weighted by molar-refractivity contribution is 6.07. The Bertz CT molecular complexity index is 617. The molecular weight excluding hydrogens is 238 g/mol. The molecule has 0 aliphatic carbocycles. The molecule has 0 N–H and O–H groups in total. The van der Waals surface area contributed by atoms with Crippen LogP contribution in [0, 0.1) is 6.92 Å². The SMILES string of the molecule is CCn1ccc2c1C(=O)N(c1cnccc1C)CC2. The van der Waals surface area contributed by atoms with E-state index < -0.39 is 0 Å². The largest absolute Gasteiger partial charge is 0.344 e. The van der Waals surface area contributed by atoms with E-state index in [1.54, 1.807) is 12.4 Å². The average molecular weight is 255 g/mol. The molecule has 0 spiro atoms. The van der Waals surface area contributed by atoms with Gasteiger partial charge < -0.3 is 9.47 Å². The zero-order valence-electron chi connectivity index (χ0n) is 11.3. The molecule has 0 saturated carbocycles. The lowest BCUT2D eigenvalue weighted by Gasteiger charge is -2.28. The third-order valence-corrected chi connectivity index (χ3v) is 3.74. The molecule has 1 aliphatic heterocycles. The summed E-state index contributed by atoms with van der Waals surface area (Å²) in [5, 5.41) is 0. The van der Waals surface area contributed by atoms with Gasteiger partial charge in [0.05, 0.1) is 11.9 Å². The molecule has 1 amide bonds. The topological polar surface area (TPSA) is 38.1 Å². The molecule has 0 aromatic carbocycles. The predicted octanol–water partition coefficient (Wildman–Crippen LogP) is 2.41. The van der Waals surface area contributed by atoms with Gasteiger partial charge >= 0.3 is 0 Å². The summed E-state index contributed by atoms with van der Waals surface area (Å²) in [4.78, 5) is 18.7. The van der Waals surface area contributed by atoms with Crippen molar-refractivity contribution >= 4 is 11.6 Å². The lowest BCUT2D eigenvalue weighted by atomic mass is 10.1. The minimum absolute atomic E-state index is 0.0872. The Morgan fingerprint density at radius 3 is 2.95 bits per heavy atom. The van der Waals surface area contributed by atoms with Gasteiger partial charge in [-0.1, -0.05) is 0 Å². The number of anilines is 1. The number of aryl methyl sites for hydroxylation is 2. The summed E-state index contributed by atoms with van der Waals surface area (Å²) >= 11 is 0. The Morgan fingerprint density at radius 2 is 2.21 bits per heavy atom. The minimum Gasteiger partial charge on any atom is -0.344 e. The van der Waals surface area contributed by atoms with E-state index in [9.17, 15) is 4.79 Å². The predicted molar refractivity (Wildman–Crippen MR) is 74.5 cm³/mol. The number of pyridine rings is 1. The van der Waals surface area contributed by atoms with Gasteiger partial charge in [0.25, 0.3) is 5.91 Å². The molecule has 19 heavy (non-hydrogen) atoms. The maximum Gasteiger partial charge on any atom is 0.275 e. The van der Waals surface area contributed by atoms with Crippen molar-refractivity contribution < 1.29 is 4.79 Å². The molecule has 2 aromatic rings. The van der Waals surface area contributed by atoms with Crippen LogP contribution in [0.4, 0.5) is 5.69 Å². The number of carbonyl (C=O) groups is 1. The number of rotatable bonds is 2. The van der Waals surface area contributed by atoms with Crippen LogP contribution in [-0.2, 0) is 13.0 Å². The van der Waals surface area contributed by atoms with Gasteiger partial charge in [-0.05, 0) is 43.5 Å². The van der Waals surface area contributed by atoms with E-state index in [1.807, 2.05) is 28.7 Å². The van der Waals surface area contributed by atoms with Crippen LogP contribution in [0.3, 0.4) is 0 Å². The van der Waals surface area contributed by atoms with Gasteiger partial charge in [0.15, 0.2) is 0 Å². The Hall–Kier alpha value is -2.10. The summed E-state index contributed by atoms with van der Waals surface area (Å²) in [5.41, 5.74) is 3.99. The summed E-state index contributed by atoms with van der Waals surface area (Å²) in [6, 6.07) is 4.00. The van der Waals surface area contributed by atoms with E-state index in [1.165, 1.54) is 0 Å². The van der Waals surface area contributed by atoms with Crippen molar-refractivity contribution in [1.82, 2.24) is 9.55 Å². The van der Waals surface area contributed by atoms with Crippen LogP contribution in [0.25, 0.3) is 0 Å². The van der Waals surface area contributed by atoms with Crippen LogP contribution in [0.2, 0.25) is 0 Å². The second-order valence-electron chi connectivity index (χ2n) is 4.84. The molecular formula is C15H17N3O. The first-order valence-corrected chi connectivity index (χ1v) is 6.63. The smallest absolute Gasteiger partial charge is 0.275 e. The normalized spacial score (nSPS) is 14.6. The second-order valence-corrected chi connectivity index (χ2v) is 4.84. The van der Waals surface area contributed by atoms with Crippen LogP contribution in [-0.4, -0.2) is 22.0 Å². The number of nitrogens with zero attached hydrogens (tertiary/aromatic N) is 3. The Kier molecular flexibility index (Phi) is 2.85. The molecule has 2 aromatic heterocycles. The standard InChI is InChI=1S/C15H17N3O/c1-3-17-8-5-12-6-9-18(15(19)14(12)17)13-10-16-7-4-11(13)2/h4-5,7-8,10H,3,6,9H2,1-2H3. The number of carbonyl (C=O) groups excluding carboxylic acids is 1. The Labute approximate surface area is 112 Å². The molecule has 3 heterocycles. The van der Waals surface area contributed by atoms with Crippen molar-refractivity contribution in [2.24, 2.45) is 0 Å². The first kappa shape index (κ1) is 12.0. The summed E-state index contributed by atoms with van der Waals surface area (Å²) in [6.45, 7) is 5.62. The molecule has 0 bridgehead atoms. The number of hydrogen-bond donors (Lipinski definition) is 0. The van der Waals surface area contributed by atoms with Gasteiger partial charge in [-0.2, -0.15) is 0 Å². The first-order chi connectivity index (χ1) is 9.22. The van der Waals surface area contributed by atoms with Crippen molar-refractivity contribution in [3.63, 3.8) is 0 Å². The molecule has 0 unspecified atom stereocenters. The second kappa shape index (κ2) is 4.53. The molecule has 4 heteroatoms. The monoisotopic (exact) mass is 255 g/mol. The molecule has 0 saturated heterocycles. The van der Waals surface area contributed by atoms with Gasteiger partial charge in [-0.25, -0.2) is 0 Å². The zero-order valence-corrected chi connectivity index (χ0v) is 11.3. The molecule has 1 aliphatic rings. The summed E-state index contributed by atoms with van der Waals surface area (Å²) in [7, 11) is 0. The molecule has 0 atom stereocenters. The van der Waals surface area contributed by atoms with Crippen molar-refractivity contribution in [2.45, 2.75) is 26.8 Å². The third-order valence-electron chi connectivity index (χ3n) is 3.74. The lowest BCUT2D eigenvalue weighted by molar-refractivity contribution is 0.0971. The van der Waals surface area contributed by atoms with E-state index in [0.717, 1.165) is 42.0 Å². The summed E-state index contributed by atoms with van der Waals surface area (Å²) in [5.74, 6) is 0.0872. The van der Waals surface area contributed by atoms with E-state index in [0.29, 0.717) is 0 Å². The van der Waals surface area contributed by atoms with Gasteiger partial charge in [-0.15, -0.1) is 0 Å². The average Bonchev–Trinajstić information content (AvgIpc) is 2.84. The van der Waals surface area contributed by atoms with Gasteiger partial charge in [-0.3, -0.25) is 9.78 Å². The molecule has 4 nitrogen and oxygen atoms in total. The van der Waals surface area contributed by atoms with Crippen LogP contribution in [0.5, 0.6) is 0 Å². The maximum absolute atomic E-state index is 12.7. The first-order valence-electron chi connectivity index (χ1n) is 6.63. The molecule has 0 radical (unpaired) electrons. The lowest BCUT2D eigenvalue weighted by Crippen LogP contribution is -2.39. The number of fused-ring (bicyclic) bond motifs is 1. The quantitative estimate of drug-likeness (QED) is 0.826. The van der Waals surface area contributed by atoms with E-state index >= 15 is 0 Å². The molecule has 0 fully saturated rings. The molecule has 3 rings (SSSR count). The van der Waals surface area contributed by atoms with Crippen LogP contribution < -0.4 is 4.90 Å². The number of amides is 1. The zero-order chi connectivity index (χ0) is 13.4. The van der Waals surface area contributed by atoms with Gasteiger partial charge in [0.1, 0.15) is 5.69 Å². The van der Waals surface area contributed by atoms with Crippen molar-refractivity contribution in [3.8, 4) is 0 Å². The highest BCUT2D eigenvalue weighted by atomic mass is 16.2. The van der Waals surface area contributed by atoms with Crippen molar-refractivity contribution in [2.75, 3.05) is 11.4 Å². The Balaban J connectivity index is 2.04. The minimum atomic E-state index is 0.0872.